The Morgan fingerprint density at radius 2 is 1.88 bits per heavy atom. The van der Waals surface area contributed by atoms with E-state index in [0.717, 1.165) is 25.9 Å². The molecule has 0 bridgehead atoms. The molecule has 0 aliphatic carbocycles. The first-order chi connectivity index (χ1) is 12.0. The molecular formula is C19H20FN3O2. The highest BCUT2D eigenvalue weighted by Crippen LogP contribution is 2.18. The molecule has 1 aromatic carbocycles. The van der Waals surface area contributed by atoms with Gasteiger partial charge in [0.2, 0.25) is 0 Å². The van der Waals surface area contributed by atoms with Gasteiger partial charge in [-0.1, -0.05) is 13.0 Å². The number of rotatable bonds is 3. The smallest absolute Gasteiger partial charge is 0.257 e. The van der Waals surface area contributed by atoms with Crippen molar-refractivity contribution in [2.75, 3.05) is 18.4 Å². The van der Waals surface area contributed by atoms with Crippen molar-refractivity contribution in [3.63, 3.8) is 0 Å². The Labute approximate surface area is 145 Å². The third-order valence-electron chi connectivity index (χ3n) is 4.40. The number of amides is 2. The van der Waals surface area contributed by atoms with Gasteiger partial charge in [0.05, 0.1) is 11.1 Å². The van der Waals surface area contributed by atoms with Crippen LogP contribution in [0.4, 0.5) is 10.1 Å². The van der Waals surface area contributed by atoms with Crippen molar-refractivity contribution in [1.29, 1.82) is 0 Å². The second kappa shape index (κ2) is 7.42. The quantitative estimate of drug-likeness (QED) is 0.931. The van der Waals surface area contributed by atoms with Crippen molar-refractivity contribution in [3.05, 3.63) is 59.7 Å². The predicted molar refractivity (Wildman–Crippen MR) is 92.9 cm³/mol. The van der Waals surface area contributed by atoms with E-state index in [1.807, 2.05) is 0 Å². The number of carbonyl (C=O) groups excluding carboxylic acids is 2. The summed E-state index contributed by atoms with van der Waals surface area (Å²) < 4.78 is 13.2. The number of benzene rings is 1. The van der Waals surface area contributed by atoms with E-state index in [9.17, 15) is 14.0 Å². The molecule has 2 amide bonds. The minimum atomic E-state index is -0.431. The molecule has 0 unspecified atom stereocenters. The average Bonchev–Trinajstić information content (AvgIpc) is 2.62. The molecule has 0 saturated carbocycles. The van der Waals surface area contributed by atoms with Crippen LogP contribution >= 0.6 is 0 Å². The minimum absolute atomic E-state index is 0.111. The summed E-state index contributed by atoms with van der Waals surface area (Å²) in [4.78, 5) is 30.7. The summed E-state index contributed by atoms with van der Waals surface area (Å²) in [5.41, 5.74) is 1.01. The van der Waals surface area contributed by atoms with Crippen molar-refractivity contribution in [1.82, 2.24) is 9.88 Å². The van der Waals surface area contributed by atoms with Crippen LogP contribution in [0, 0.1) is 11.7 Å². The second-order valence-corrected chi connectivity index (χ2v) is 6.40. The van der Waals surface area contributed by atoms with Crippen molar-refractivity contribution in [3.8, 4) is 0 Å². The molecule has 0 spiro atoms. The van der Waals surface area contributed by atoms with Gasteiger partial charge in [0.15, 0.2) is 0 Å². The van der Waals surface area contributed by atoms with Crippen LogP contribution in [0.25, 0.3) is 0 Å². The van der Waals surface area contributed by atoms with Crippen LogP contribution in [-0.4, -0.2) is 34.8 Å². The Morgan fingerprint density at radius 1 is 1.16 bits per heavy atom. The van der Waals surface area contributed by atoms with Crippen LogP contribution in [0.5, 0.6) is 0 Å². The average molecular weight is 341 g/mol. The molecular weight excluding hydrogens is 321 g/mol. The highest BCUT2D eigenvalue weighted by atomic mass is 19.1. The number of anilines is 1. The van der Waals surface area contributed by atoms with Gasteiger partial charge in [-0.25, -0.2) is 4.39 Å². The minimum Gasteiger partial charge on any atom is -0.339 e. The van der Waals surface area contributed by atoms with Crippen LogP contribution < -0.4 is 5.32 Å². The van der Waals surface area contributed by atoms with Gasteiger partial charge in [0.1, 0.15) is 5.82 Å². The van der Waals surface area contributed by atoms with E-state index < -0.39 is 11.7 Å². The summed E-state index contributed by atoms with van der Waals surface area (Å²) in [6.07, 6.45) is 4.83. The van der Waals surface area contributed by atoms with Gasteiger partial charge < -0.3 is 10.2 Å². The fourth-order valence-electron chi connectivity index (χ4n) is 2.84. The number of aromatic nitrogens is 1. The lowest BCUT2D eigenvalue weighted by Gasteiger charge is -2.30. The third kappa shape index (κ3) is 4.21. The predicted octanol–water partition coefficient (Wildman–Crippen LogP) is 3.35. The highest BCUT2D eigenvalue weighted by Gasteiger charge is 2.22. The number of hydrogen-bond donors (Lipinski definition) is 1. The van der Waals surface area contributed by atoms with Crippen LogP contribution in [0.2, 0.25) is 0 Å². The van der Waals surface area contributed by atoms with Gasteiger partial charge >= 0.3 is 0 Å². The van der Waals surface area contributed by atoms with Crippen molar-refractivity contribution >= 4 is 17.5 Å². The van der Waals surface area contributed by atoms with E-state index in [1.54, 1.807) is 11.0 Å². The van der Waals surface area contributed by atoms with Crippen LogP contribution in [0.3, 0.4) is 0 Å². The molecule has 6 heteroatoms. The lowest BCUT2D eigenvalue weighted by Crippen LogP contribution is -2.38. The van der Waals surface area contributed by atoms with Crippen molar-refractivity contribution < 1.29 is 14.0 Å². The summed E-state index contributed by atoms with van der Waals surface area (Å²) in [6, 6.07) is 7.17. The Hall–Kier alpha value is -2.76. The monoisotopic (exact) mass is 341 g/mol. The fraction of sp³-hybridized carbons (Fsp3) is 0.316. The van der Waals surface area contributed by atoms with Gasteiger partial charge in [0, 0.05) is 31.2 Å². The summed E-state index contributed by atoms with van der Waals surface area (Å²) in [7, 11) is 0. The van der Waals surface area contributed by atoms with Gasteiger partial charge in [-0.2, -0.15) is 0 Å². The van der Waals surface area contributed by atoms with E-state index in [-0.39, 0.29) is 11.5 Å². The zero-order valence-corrected chi connectivity index (χ0v) is 14.0. The molecule has 1 saturated heterocycles. The topological polar surface area (TPSA) is 62.3 Å². The Kier molecular flexibility index (Phi) is 5.07. The molecule has 1 aromatic heterocycles. The number of pyridine rings is 1. The second-order valence-electron chi connectivity index (χ2n) is 6.40. The first kappa shape index (κ1) is 17.1. The summed E-state index contributed by atoms with van der Waals surface area (Å²) in [5, 5.41) is 2.61. The summed E-state index contributed by atoms with van der Waals surface area (Å²) in [5.74, 6) is -0.343. The molecule has 1 N–H and O–H groups in total. The number of carbonyl (C=O) groups is 2. The number of nitrogens with one attached hydrogen (secondary N) is 1. The first-order valence-corrected chi connectivity index (χ1v) is 8.34. The largest absolute Gasteiger partial charge is 0.339 e. The van der Waals surface area contributed by atoms with Crippen LogP contribution in [0.1, 0.15) is 40.5 Å². The maximum Gasteiger partial charge on any atom is 0.257 e. The molecule has 2 heterocycles. The van der Waals surface area contributed by atoms with Crippen molar-refractivity contribution in [2.45, 2.75) is 19.8 Å². The van der Waals surface area contributed by atoms with Crippen molar-refractivity contribution in [2.24, 2.45) is 5.92 Å². The molecule has 130 valence electrons. The first-order valence-electron chi connectivity index (χ1n) is 8.34. The molecule has 3 rings (SSSR count). The Bertz CT molecular complexity index is 786. The molecule has 25 heavy (non-hydrogen) atoms. The Balaban J connectivity index is 1.72. The van der Waals surface area contributed by atoms with E-state index in [1.165, 1.54) is 36.7 Å². The Morgan fingerprint density at radius 3 is 2.60 bits per heavy atom. The summed E-state index contributed by atoms with van der Waals surface area (Å²) in [6.45, 7) is 3.63. The molecule has 0 radical (unpaired) electrons. The third-order valence-corrected chi connectivity index (χ3v) is 4.40. The number of halogens is 1. The lowest BCUT2D eigenvalue weighted by atomic mass is 9.98. The molecule has 1 aliphatic rings. The maximum absolute atomic E-state index is 13.2. The molecule has 2 aromatic rings. The standard InChI is InChI=1S/C19H20FN3O2/c1-13-5-7-23(8-6-13)19(25)15-9-14(11-21-12-15)18(24)22-17-4-2-3-16(20)10-17/h2-4,9-13H,5-8H2,1H3,(H,22,24). The highest BCUT2D eigenvalue weighted by molar-refractivity contribution is 6.05. The fourth-order valence-corrected chi connectivity index (χ4v) is 2.84. The maximum atomic E-state index is 13.2. The number of piperidine rings is 1. The number of hydrogen-bond acceptors (Lipinski definition) is 3. The zero-order valence-electron chi connectivity index (χ0n) is 14.0. The zero-order chi connectivity index (χ0) is 17.8. The molecule has 1 aliphatic heterocycles. The normalized spacial score (nSPS) is 15.0. The molecule has 1 fully saturated rings. The van der Waals surface area contributed by atoms with E-state index >= 15 is 0 Å². The summed E-state index contributed by atoms with van der Waals surface area (Å²) >= 11 is 0. The lowest BCUT2D eigenvalue weighted by molar-refractivity contribution is 0.0697. The van der Waals surface area contributed by atoms with E-state index in [0.29, 0.717) is 17.2 Å². The number of likely N-dealkylation sites (tertiary alicyclic amines) is 1. The van der Waals surface area contributed by atoms with Crippen LogP contribution in [0.15, 0.2) is 42.7 Å². The van der Waals surface area contributed by atoms with Gasteiger partial charge in [-0.15, -0.1) is 0 Å². The van der Waals surface area contributed by atoms with Gasteiger partial charge in [-0.3, -0.25) is 14.6 Å². The van der Waals surface area contributed by atoms with Gasteiger partial charge in [0.25, 0.3) is 11.8 Å². The van der Waals surface area contributed by atoms with Crippen LogP contribution in [-0.2, 0) is 0 Å². The van der Waals surface area contributed by atoms with E-state index in [2.05, 4.69) is 17.2 Å². The van der Waals surface area contributed by atoms with Gasteiger partial charge in [-0.05, 0) is 43.0 Å². The molecule has 5 nitrogen and oxygen atoms in total. The SMILES string of the molecule is CC1CCN(C(=O)c2cncc(C(=O)Nc3cccc(F)c3)c2)CC1. The molecule has 0 atom stereocenters. The number of nitrogens with zero attached hydrogens (tertiary/aromatic N) is 2. The van der Waals surface area contributed by atoms with E-state index in [4.69, 9.17) is 0 Å².